The van der Waals surface area contributed by atoms with Gasteiger partial charge in [0, 0.05) is 19.2 Å². The number of nitro benzene ring substituents is 1. The largest absolute Gasteiger partial charge is 0.318 e. The summed E-state index contributed by atoms with van der Waals surface area (Å²) in [6, 6.07) is 2.90. The van der Waals surface area contributed by atoms with Gasteiger partial charge in [0.25, 0.3) is 11.6 Å². The van der Waals surface area contributed by atoms with Crippen molar-refractivity contribution < 1.29 is 14.1 Å². The zero-order valence-electron chi connectivity index (χ0n) is 11.1. The Balaban J connectivity index is 2.33. The lowest BCUT2D eigenvalue weighted by molar-refractivity contribution is -0.384. The number of hydrogen-bond acceptors (Lipinski definition) is 4. The van der Waals surface area contributed by atoms with Crippen molar-refractivity contribution >= 4 is 33.2 Å². The summed E-state index contributed by atoms with van der Waals surface area (Å²) >= 11 is 3.23. The highest BCUT2D eigenvalue weighted by Gasteiger charge is 2.20. The summed E-state index contributed by atoms with van der Waals surface area (Å²) in [6.45, 7) is 1.75. The van der Waals surface area contributed by atoms with Crippen molar-refractivity contribution in [3.63, 3.8) is 0 Å². The maximum Gasteiger partial charge on any atom is 0.277 e. The first-order valence-electron chi connectivity index (χ1n) is 5.75. The van der Waals surface area contributed by atoms with Gasteiger partial charge in [0.1, 0.15) is 5.82 Å². The monoisotopic (exact) mass is 356 g/mol. The van der Waals surface area contributed by atoms with Crippen LogP contribution in [-0.4, -0.2) is 20.6 Å². The molecule has 1 aromatic heterocycles. The Labute approximate surface area is 127 Å². The fourth-order valence-electron chi connectivity index (χ4n) is 1.63. The Kier molecular flexibility index (Phi) is 4.03. The van der Waals surface area contributed by atoms with Crippen LogP contribution < -0.4 is 5.32 Å². The van der Waals surface area contributed by atoms with Crippen LogP contribution >= 0.6 is 15.9 Å². The second-order valence-corrected chi connectivity index (χ2v) is 5.04. The lowest BCUT2D eigenvalue weighted by atomic mass is 10.2. The Morgan fingerprint density at radius 2 is 2.19 bits per heavy atom. The van der Waals surface area contributed by atoms with Crippen molar-refractivity contribution in [1.82, 2.24) is 9.78 Å². The molecule has 110 valence electrons. The van der Waals surface area contributed by atoms with Crippen LogP contribution in [0.25, 0.3) is 0 Å². The van der Waals surface area contributed by atoms with Crippen LogP contribution in [0.2, 0.25) is 0 Å². The molecule has 9 heteroatoms. The maximum absolute atomic E-state index is 13.6. The summed E-state index contributed by atoms with van der Waals surface area (Å²) in [7, 11) is 1.66. The number of carbonyl (C=O) groups is 1. The molecule has 0 bridgehead atoms. The van der Waals surface area contributed by atoms with E-state index in [1.807, 2.05) is 0 Å². The predicted octanol–water partition coefficient (Wildman–Crippen LogP) is 2.79. The van der Waals surface area contributed by atoms with E-state index in [1.165, 1.54) is 4.68 Å². The average molecular weight is 357 g/mol. The fourth-order valence-corrected chi connectivity index (χ4v) is 2.15. The zero-order valence-corrected chi connectivity index (χ0v) is 12.6. The number of hydrogen-bond donors (Lipinski definition) is 1. The number of amides is 1. The molecule has 1 amide bonds. The fraction of sp³-hybridized carbons (Fsp3) is 0.167. The molecule has 0 atom stereocenters. The highest BCUT2D eigenvalue weighted by Crippen LogP contribution is 2.24. The number of aryl methyl sites for hydroxylation is 1. The topological polar surface area (TPSA) is 90.1 Å². The minimum absolute atomic E-state index is 0.0703. The molecule has 0 aliphatic heterocycles. The van der Waals surface area contributed by atoms with Crippen molar-refractivity contribution in [1.29, 1.82) is 0 Å². The van der Waals surface area contributed by atoms with Gasteiger partial charge >= 0.3 is 0 Å². The molecule has 1 N–H and O–H groups in total. The van der Waals surface area contributed by atoms with Gasteiger partial charge in [0.15, 0.2) is 5.69 Å². The van der Waals surface area contributed by atoms with Crippen molar-refractivity contribution in [2.45, 2.75) is 6.92 Å². The first-order valence-corrected chi connectivity index (χ1v) is 6.55. The van der Waals surface area contributed by atoms with Gasteiger partial charge in [-0.2, -0.15) is 5.10 Å². The van der Waals surface area contributed by atoms with Gasteiger partial charge in [0.05, 0.1) is 20.8 Å². The van der Waals surface area contributed by atoms with Crippen LogP contribution in [0, 0.1) is 22.9 Å². The number of nitro groups is 1. The van der Waals surface area contributed by atoms with Gasteiger partial charge in [-0.15, -0.1) is 0 Å². The molecule has 1 aromatic carbocycles. The molecular weight excluding hydrogens is 347 g/mol. The van der Waals surface area contributed by atoms with E-state index in [1.54, 1.807) is 14.0 Å². The molecule has 0 fully saturated rings. The smallest absolute Gasteiger partial charge is 0.277 e. The van der Waals surface area contributed by atoms with E-state index in [9.17, 15) is 19.3 Å². The number of rotatable bonds is 3. The number of nitrogens with zero attached hydrogens (tertiary/aromatic N) is 3. The summed E-state index contributed by atoms with van der Waals surface area (Å²) in [5, 5.41) is 16.9. The first kappa shape index (κ1) is 15.1. The predicted molar refractivity (Wildman–Crippen MR) is 76.7 cm³/mol. The van der Waals surface area contributed by atoms with E-state index in [2.05, 4.69) is 26.3 Å². The van der Waals surface area contributed by atoms with Crippen LogP contribution in [0.15, 0.2) is 22.7 Å². The number of aromatic nitrogens is 2. The van der Waals surface area contributed by atoms with Crippen molar-refractivity contribution in [3.05, 3.63) is 50.0 Å². The second kappa shape index (κ2) is 5.60. The van der Waals surface area contributed by atoms with Crippen LogP contribution in [0.1, 0.15) is 16.2 Å². The molecular formula is C12H10BrFN4O3. The van der Waals surface area contributed by atoms with Crippen molar-refractivity contribution in [2.24, 2.45) is 7.05 Å². The minimum Gasteiger partial charge on any atom is -0.318 e. The Bertz CT molecular complexity index is 744. The van der Waals surface area contributed by atoms with Crippen LogP contribution in [0.4, 0.5) is 15.8 Å². The van der Waals surface area contributed by atoms with Crippen molar-refractivity contribution in [3.8, 4) is 0 Å². The second-order valence-electron chi connectivity index (χ2n) is 4.25. The highest BCUT2D eigenvalue weighted by atomic mass is 79.9. The number of non-ortho nitro benzene ring substituents is 1. The lowest BCUT2D eigenvalue weighted by Gasteiger charge is -2.05. The number of anilines is 1. The standard InChI is InChI=1S/C12H10BrFN4O3/c1-6-10(13)11(16-17(6)2)12(19)15-9-5-7(18(20)21)3-4-8(9)14/h3-5H,1-2H3,(H,15,19). The Hall–Kier alpha value is -2.29. The molecule has 0 unspecified atom stereocenters. The van der Waals surface area contributed by atoms with Gasteiger partial charge in [0.2, 0.25) is 0 Å². The van der Waals surface area contributed by atoms with E-state index in [0.717, 1.165) is 23.9 Å². The Morgan fingerprint density at radius 3 is 2.71 bits per heavy atom. The third-order valence-electron chi connectivity index (χ3n) is 2.89. The zero-order chi connectivity index (χ0) is 15.7. The Morgan fingerprint density at radius 1 is 1.52 bits per heavy atom. The average Bonchev–Trinajstić information content (AvgIpc) is 2.68. The number of nitrogens with one attached hydrogen (secondary N) is 1. The summed E-state index contributed by atoms with van der Waals surface area (Å²) in [5.41, 5.74) is 0.202. The molecule has 2 aromatic rings. The minimum atomic E-state index is -0.766. The van der Waals surface area contributed by atoms with E-state index >= 15 is 0 Å². The van der Waals surface area contributed by atoms with Crippen LogP contribution in [-0.2, 0) is 7.05 Å². The van der Waals surface area contributed by atoms with Gasteiger partial charge in [-0.3, -0.25) is 19.6 Å². The number of benzene rings is 1. The molecule has 21 heavy (non-hydrogen) atoms. The SMILES string of the molecule is Cc1c(Br)c(C(=O)Nc2cc([N+](=O)[O-])ccc2F)nn1C. The molecule has 0 saturated heterocycles. The van der Waals surface area contributed by atoms with E-state index in [0.29, 0.717) is 4.47 Å². The van der Waals surface area contributed by atoms with Crippen molar-refractivity contribution in [2.75, 3.05) is 5.32 Å². The summed E-state index contributed by atoms with van der Waals surface area (Å²) in [5.74, 6) is -1.43. The van der Waals surface area contributed by atoms with E-state index in [4.69, 9.17) is 0 Å². The third-order valence-corrected chi connectivity index (χ3v) is 3.83. The van der Waals surface area contributed by atoms with Gasteiger partial charge in [-0.1, -0.05) is 0 Å². The first-order chi connectivity index (χ1) is 9.81. The molecule has 7 nitrogen and oxygen atoms in total. The lowest BCUT2D eigenvalue weighted by Crippen LogP contribution is -2.14. The quantitative estimate of drug-likeness (QED) is 0.676. The summed E-state index contributed by atoms with van der Waals surface area (Å²) < 4.78 is 15.6. The highest BCUT2D eigenvalue weighted by molar-refractivity contribution is 9.10. The molecule has 0 spiro atoms. The summed E-state index contributed by atoms with van der Waals surface area (Å²) in [6.07, 6.45) is 0. The van der Waals surface area contributed by atoms with E-state index < -0.39 is 16.6 Å². The van der Waals surface area contributed by atoms with Crippen LogP contribution in [0.5, 0.6) is 0 Å². The van der Waals surface area contributed by atoms with Gasteiger partial charge in [-0.05, 0) is 28.9 Å². The molecule has 0 radical (unpaired) electrons. The van der Waals surface area contributed by atoms with Crippen LogP contribution in [0.3, 0.4) is 0 Å². The summed E-state index contributed by atoms with van der Waals surface area (Å²) in [4.78, 5) is 22.1. The van der Waals surface area contributed by atoms with Gasteiger partial charge in [-0.25, -0.2) is 4.39 Å². The maximum atomic E-state index is 13.6. The molecule has 1 heterocycles. The molecule has 0 aliphatic rings. The third kappa shape index (κ3) is 2.92. The normalized spacial score (nSPS) is 10.5. The number of carbonyl (C=O) groups excluding carboxylic acids is 1. The van der Waals surface area contributed by atoms with E-state index in [-0.39, 0.29) is 17.1 Å². The van der Waals surface area contributed by atoms with Gasteiger partial charge < -0.3 is 5.32 Å². The molecule has 2 rings (SSSR count). The molecule has 0 saturated carbocycles. The molecule has 0 aliphatic carbocycles. The number of halogens is 2.